The van der Waals surface area contributed by atoms with Gasteiger partial charge >= 0.3 is 5.97 Å². The van der Waals surface area contributed by atoms with Gasteiger partial charge in [-0.1, -0.05) is 30.3 Å². The number of aliphatic hydroxyl groups is 1. The minimum Gasteiger partial charge on any atom is -0.458 e. The molecule has 0 unspecified atom stereocenters. The van der Waals surface area contributed by atoms with Gasteiger partial charge in [-0.05, 0) is 33.3 Å². The number of nitrogens with one attached hydrogen (secondary N) is 1. The summed E-state index contributed by atoms with van der Waals surface area (Å²) >= 11 is 0. The first-order valence-electron chi connectivity index (χ1n) is 6.94. The minimum atomic E-state index is -1.18. The smallest absolute Gasteiger partial charge is 0.329 e. The number of hydrogen-bond donors (Lipinski definition) is 2. The van der Waals surface area contributed by atoms with Crippen molar-refractivity contribution < 1.29 is 19.4 Å². The third-order valence-electron chi connectivity index (χ3n) is 2.67. The fourth-order valence-corrected chi connectivity index (χ4v) is 1.71. The van der Waals surface area contributed by atoms with E-state index in [-0.39, 0.29) is 0 Å². The molecule has 2 atom stereocenters. The van der Waals surface area contributed by atoms with E-state index in [1.165, 1.54) is 6.92 Å². The van der Waals surface area contributed by atoms with Crippen molar-refractivity contribution >= 4 is 11.9 Å². The Morgan fingerprint density at radius 1 is 1.24 bits per heavy atom. The van der Waals surface area contributed by atoms with Crippen LogP contribution in [-0.4, -0.2) is 34.7 Å². The van der Waals surface area contributed by atoms with E-state index in [1.807, 2.05) is 30.3 Å². The normalized spacial score (nSPS) is 14.1. The molecular formula is C16H23NO4. The quantitative estimate of drug-likeness (QED) is 0.805. The molecule has 2 N–H and O–H groups in total. The highest BCUT2D eigenvalue weighted by Crippen LogP contribution is 2.11. The molecule has 0 aliphatic rings. The van der Waals surface area contributed by atoms with Gasteiger partial charge in [0.05, 0.1) is 0 Å². The van der Waals surface area contributed by atoms with Gasteiger partial charge in [-0.3, -0.25) is 4.79 Å². The molecule has 0 aliphatic carbocycles. The zero-order chi connectivity index (χ0) is 16.0. The van der Waals surface area contributed by atoms with Crippen molar-refractivity contribution in [3.63, 3.8) is 0 Å². The van der Waals surface area contributed by atoms with Gasteiger partial charge in [-0.15, -0.1) is 0 Å². The van der Waals surface area contributed by atoms with Gasteiger partial charge in [-0.25, -0.2) is 4.79 Å². The average molecular weight is 293 g/mol. The molecule has 0 bridgehead atoms. The van der Waals surface area contributed by atoms with Crippen LogP contribution in [0.15, 0.2) is 30.3 Å². The van der Waals surface area contributed by atoms with E-state index in [0.29, 0.717) is 6.42 Å². The Labute approximate surface area is 125 Å². The van der Waals surface area contributed by atoms with E-state index in [2.05, 4.69) is 5.32 Å². The SMILES string of the molecule is C[C@H](O)C(=O)N[C@@H](Cc1ccccc1)C(=O)OC(C)(C)C. The highest BCUT2D eigenvalue weighted by molar-refractivity contribution is 5.86. The second-order valence-electron chi connectivity index (χ2n) is 5.96. The Bertz CT molecular complexity index is 477. The zero-order valence-corrected chi connectivity index (χ0v) is 12.9. The Balaban J connectivity index is 2.84. The van der Waals surface area contributed by atoms with Crippen LogP contribution in [0.5, 0.6) is 0 Å². The number of rotatable bonds is 5. The van der Waals surface area contributed by atoms with Gasteiger partial charge in [-0.2, -0.15) is 0 Å². The number of amides is 1. The fraction of sp³-hybridized carbons (Fsp3) is 0.500. The van der Waals surface area contributed by atoms with Gasteiger partial charge in [0.15, 0.2) is 0 Å². The van der Waals surface area contributed by atoms with Crippen LogP contribution in [0.25, 0.3) is 0 Å². The van der Waals surface area contributed by atoms with Crippen LogP contribution in [-0.2, 0) is 20.7 Å². The van der Waals surface area contributed by atoms with Gasteiger partial charge in [0, 0.05) is 6.42 Å². The number of ether oxygens (including phenoxy) is 1. The van der Waals surface area contributed by atoms with Gasteiger partial charge in [0.1, 0.15) is 17.7 Å². The lowest BCUT2D eigenvalue weighted by Gasteiger charge is -2.25. The van der Waals surface area contributed by atoms with E-state index in [0.717, 1.165) is 5.56 Å². The summed E-state index contributed by atoms with van der Waals surface area (Å²) in [6, 6.07) is 8.50. The number of aliphatic hydroxyl groups excluding tert-OH is 1. The molecule has 0 radical (unpaired) electrons. The number of benzene rings is 1. The molecule has 1 aromatic rings. The first kappa shape index (κ1) is 17.2. The standard InChI is InChI=1S/C16H23NO4/c1-11(18)14(19)17-13(15(20)21-16(2,3)4)10-12-8-6-5-7-9-12/h5-9,11,13,18H,10H2,1-4H3,(H,17,19)/t11-,13-/m0/s1. The summed E-state index contributed by atoms with van der Waals surface area (Å²) in [5.41, 5.74) is 0.265. The number of carbonyl (C=O) groups excluding carboxylic acids is 2. The van der Waals surface area contributed by atoms with Crippen molar-refractivity contribution in [1.82, 2.24) is 5.32 Å². The average Bonchev–Trinajstić information content (AvgIpc) is 2.36. The molecule has 5 heteroatoms. The third-order valence-corrected chi connectivity index (χ3v) is 2.67. The molecule has 0 saturated heterocycles. The van der Waals surface area contributed by atoms with Gasteiger partial charge in [0.25, 0.3) is 0 Å². The summed E-state index contributed by atoms with van der Waals surface area (Å²) in [5, 5.41) is 11.8. The molecule has 116 valence electrons. The summed E-state index contributed by atoms with van der Waals surface area (Å²) in [4.78, 5) is 23.8. The Kier molecular flexibility index (Phi) is 5.90. The Hall–Kier alpha value is -1.88. The molecule has 21 heavy (non-hydrogen) atoms. The van der Waals surface area contributed by atoms with Crippen LogP contribution >= 0.6 is 0 Å². The Morgan fingerprint density at radius 3 is 2.29 bits per heavy atom. The molecular weight excluding hydrogens is 270 g/mol. The van der Waals surface area contributed by atoms with E-state index in [4.69, 9.17) is 4.74 Å². The van der Waals surface area contributed by atoms with Crippen molar-refractivity contribution in [2.24, 2.45) is 0 Å². The van der Waals surface area contributed by atoms with Crippen molar-refractivity contribution in [1.29, 1.82) is 0 Å². The van der Waals surface area contributed by atoms with Gasteiger partial charge < -0.3 is 15.2 Å². The first-order chi connectivity index (χ1) is 9.69. The van der Waals surface area contributed by atoms with Crippen LogP contribution in [0.1, 0.15) is 33.3 Å². The second-order valence-corrected chi connectivity index (χ2v) is 5.96. The van der Waals surface area contributed by atoms with E-state index < -0.39 is 29.6 Å². The highest BCUT2D eigenvalue weighted by atomic mass is 16.6. The molecule has 5 nitrogen and oxygen atoms in total. The Morgan fingerprint density at radius 2 is 1.81 bits per heavy atom. The summed E-state index contributed by atoms with van der Waals surface area (Å²) in [6.45, 7) is 6.65. The van der Waals surface area contributed by atoms with Crippen LogP contribution in [0, 0.1) is 0 Å². The molecule has 0 spiro atoms. The minimum absolute atomic E-state index is 0.314. The summed E-state index contributed by atoms with van der Waals surface area (Å²) in [6.07, 6.45) is -0.862. The molecule has 1 amide bonds. The maximum Gasteiger partial charge on any atom is 0.329 e. The van der Waals surface area contributed by atoms with Crippen LogP contribution in [0.3, 0.4) is 0 Å². The summed E-state index contributed by atoms with van der Waals surface area (Å²) < 4.78 is 5.32. The number of carbonyl (C=O) groups is 2. The molecule has 0 heterocycles. The van der Waals surface area contributed by atoms with E-state index in [9.17, 15) is 14.7 Å². The maximum atomic E-state index is 12.2. The predicted molar refractivity (Wildman–Crippen MR) is 79.6 cm³/mol. The predicted octanol–water partition coefficient (Wildman–Crippen LogP) is 1.44. The van der Waals surface area contributed by atoms with Gasteiger partial charge in [0.2, 0.25) is 5.91 Å². The molecule has 1 aromatic carbocycles. The van der Waals surface area contributed by atoms with Crippen molar-refractivity contribution in [3.05, 3.63) is 35.9 Å². The second kappa shape index (κ2) is 7.22. The van der Waals surface area contributed by atoms with Crippen molar-refractivity contribution in [3.8, 4) is 0 Å². The number of hydrogen-bond acceptors (Lipinski definition) is 4. The van der Waals surface area contributed by atoms with E-state index >= 15 is 0 Å². The molecule has 0 aromatic heterocycles. The lowest BCUT2D eigenvalue weighted by molar-refractivity contribution is -0.159. The van der Waals surface area contributed by atoms with Crippen molar-refractivity contribution in [2.75, 3.05) is 0 Å². The summed E-state index contributed by atoms with van der Waals surface area (Å²) in [7, 11) is 0. The lowest BCUT2D eigenvalue weighted by atomic mass is 10.1. The molecule has 1 rings (SSSR count). The largest absolute Gasteiger partial charge is 0.458 e. The lowest BCUT2D eigenvalue weighted by Crippen LogP contribution is -2.48. The molecule has 0 aliphatic heterocycles. The van der Waals surface area contributed by atoms with Crippen LogP contribution < -0.4 is 5.32 Å². The monoisotopic (exact) mass is 293 g/mol. The third kappa shape index (κ3) is 6.40. The van der Waals surface area contributed by atoms with Crippen LogP contribution in [0.2, 0.25) is 0 Å². The fourth-order valence-electron chi connectivity index (χ4n) is 1.71. The highest BCUT2D eigenvalue weighted by Gasteiger charge is 2.27. The first-order valence-corrected chi connectivity index (χ1v) is 6.94. The summed E-state index contributed by atoms with van der Waals surface area (Å²) in [5.74, 6) is -1.11. The van der Waals surface area contributed by atoms with Crippen LogP contribution in [0.4, 0.5) is 0 Å². The van der Waals surface area contributed by atoms with E-state index in [1.54, 1.807) is 20.8 Å². The zero-order valence-electron chi connectivity index (χ0n) is 12.9. The van der Waals surface area contributed by atoms with Crippen molar-refractivity contribution in [2.45, 2.75) is 51.9 Å². The topological polar surface area (TPSA) is 75.6 Å². The maximum absolute atomic E-state index is 12.2. The molecule has 0 fully saturated rings. The molecule has 0 saturated carbocycles. The number of esters is 1.